The van der Waals surface area contributed by atoms with E-state index in [0.29, 0.717) is 24.3 Å². The Morgan fingerprint density at radius 1 is 1.61 bits per heavy atom. The Hall–Kier alpha value is -1.59. The molecular formula is C13H18N2O3. The minimum Gasteiger partial charge on any atom is -0.398 e. The van der Waals surface area contributed by atoms with Crippen LogP contribution in [0.15, 0.2) is 18.2 Å². The Labute approximate surface area is 106 Å². The normalized spacial score (nSPS) is 23.0. The number of hydrogen-bond acceptors (Lipinski definition) is 4. The molecule has 0 aliphatic carbocycles. The van der Waals surface area contributed by atoms with Crippen LogP contribution in [-0.2, 0) is 4.74 Å². The van der Waals surface area contributed by atoms with Crippen LogP contribution in [0, 0.1) is 6.92 Å². The Morgan fingerprint density at radius 2 is 2.39 bits per heavy atom. The van der Waals surface area contributed by atoms with Crippen LogP contribution in [0.4, 0.5) is 5.69 Å². The fourth-order valence-electron chi connectivity index (χ4n) is 1.86. The summed E-state index contributed by atoms with van der Waals surface area (Å²) in [5.41, 5.74) is 6.84. The molecule has 1 heterocycles. The van der Waals surface area contributed by atoms with Gasteiger partial charge in [-0.05, 0) is 24.6 Å². The van der Waals surface area contributed by atoms with Crippen LogP contribution in [0.1, 0.15) is 22.3 Å². The third kappa shape index (κ3) is 2.80. The van der Waals surface area contributed by atoms with Crippen molar-refractivity contribution in [2.75, 3.05) is 25.5 Å². The molecule has 0 bridgehead atoms. The van der Waals surface area contributed by atoms with E-state index in [1.807, 2.05) is 6.92 Å². The van der Waals surface area contributed by atoms with Crippen molar-refractivity contribution >= 4 is 11.6 Å². The lowest BCUT2D eigenvalue weighted by Gasteiger charge is -2.20. The van der Waals surface area contributed by atoms with Gasteiger partial charge in [-0.1, -0.05) is 6.07 Å². The van der Waals surface area contributed by atoms with E-state index < -0.39 is 5.60 Å². The minimum atomic E-state index is -0.939. The Kier molecular flexibility index (Phi) is 3.54. The van der Waals surface area contributed by atoms with Gasteiger partial charge in [0, 0.05) is 30.8 Å². The SMILES string of the molecule is Cc1ccc(C(=O)NCC2(O)CCOC2)cc1N. The Bertz CT molecular complexity index is 454. The quantitative estimate of drug-likeness (QED) is 0.680. The molecule has 1 atom stereocenters. The Morgan fingerprint density at radius 3 is 3.00 bits per heavy atom. The van der Waals surface area contributed by atoms with Gasteiger partial charge in [0.15, 0.2) is 0 Å². The fourth-order valence-corrected chi connectivity index (χ4v) is 1.86. The van der Waals surface area contributed by atoms with E-state index in [-0.39, 0.29) is 19.1 Å². The first-order valence-electron chi connectivity index (χ1n) is 5.95. The van der Waals surface area contributed by atoms with Crippen LogP contribution in [0.2, 0.25) is 0 Å². The molecule has 1 fully saturated rings. The molecule has 0 radical (unpaired) electrons. The highest BCUT2D eigenvalue weighted by molar-refractivity contribution is 5.95. The number of nitrogen functional groups attached to an aromatic ring is 1. The van der Waals surface area contributed by atoms with E-state index in [1.54, 1.807) is 18.2 Å². The van der Waals surface area contributed by atoms with Gasteiger partial charge in [-0.2, -0.15) is 0 Å². The maximum atomic E-state index is 11.9. The highest BCUT2D eigenvalue weighted by Crippen LogP contribution is 2.17. The summed E-state index contributed by atoms with van der Waals surface area (Å²) >= 11 is 0. The molecule has 1 aromatic carbocycles. The van der Waals surface area contributed by atoms with Gasteiger partial charge in [0.05, 0.1) is 6.61 Å². The van der Waals surface area contributed by atoms with Crippen molar-refractivity contribution in [1.82, 2.24) is 5.32 Å². The van der Waals surface area contributed by atoms with Gasteiger partial charge < -0.3 is 20.9 Å². The van der Waals surface area contributed by atoms with Gasteiger partial charge in [0.1, 0.15) is 5.60 Å². The summed E-state index contributed by atoms with van der Waals surface area (Å²) in [6, 6.07) is 5.16. The molecule has 0 spiro atoms. The third-order valence-corrected chi connectivity index (χ3v) is 3.20. The fraction of sp³-hybridized carbons (Fsp3) is 0.462. The second-order valence-electron chi connectivity index (χ2n) is 4.78. The second-order valence-corrected chi connectivity index (χ2v) is 4.78. The van der Waals surface area contributed by atoms with E-state index in [2.05, 4.69) is 5.32 Å². The van der Waals surface area contributed by atoms with E-state index in [0.717, 1.165) is 5.56 Å². The van der Waals surface area contributed by atoms with Crippen molar-refractivity contribution < 1.29 is 14.6 Å². The molecule has 1 aromatic rings. The van der Waals surface area contributed by atoms with Gasteiger partial charge in [-0.15, -0.1) is 0 Å². The standard InChI is InChI=1S/C13H18N2O3/c1-9-2-3-10(6-11(9)14)12(16)15-7-13(17)4-5-18-8-13/h2-3,6,17H,4-5,7-8,14H2,1H3,(H,15,16). The summed E-state index contributed by atoms with van der Waals surface area (Å²) in [5, 5.41) is 12.7. The maximum Gasteiger partial charge on any atom is 0.251 e. The van der Waals surface area contributed by atoms with Gasteiger partial charge in [-0.3, -0.25) is 4.79 Å². The number of anilines is 1. The molecule has 1 saturated heterocycles. The minimum absolute atomic E-state index is 0.194. The number of benzene rings is 1. The van der Waals surface area contributed by atoms with Crippen LogP contribution in [-0.4, -0.2) is 36.4 Å². The molecular weight excluding hydrogens is 232 g/mol. The summed E-state index contributed by atoms with van der Waals surface area (Å²) in [7, 11) is 0. The van der Waals surface area contributed by atoms with Crippen molar-refractivity contribution in [3.8, 4) is 0 Å². The summed E-state index contributed by atoms with van der Waals surface area (Å²) in [6.07, 6.45) is 0.545. The number of nitrogens with two attached hydrogens (primary N) is 1. The molecule has 98 valence electrons. The summed E-state index contributed by atoms with van der Waals surface area (Å²) < 4.78 is 5.11. The molecule has 2 rings (SSSR count). The van der Waals surface area contributed by atoms with Gasteiger partial charge in [-0.25, -0.2) is 0 Å². The molecule has 5 heteroatoms. The van der Waals surface area contributed by atoms with Crippen LogP contribution < -0.4 is 11.1 Å². The van der Waals surface area contributed by atoms with Crippen molar-refractivity contribution in [3.63, 3.8) is 0 Å². The monoisotopic (exact) mass is 250 g/mol. The number of rotatable bonds is 3. The molecule has 4 N–H and O–H groups in total. The van der Waals surface area contributed by atoms with Crippen molar-refractivity contribution in [1.29, 1.82) is 0 Å². The number of carbonyl (C=O) groups excluding carboxylic acids is 1. The largest absolute Gasteiger partial charge is 0.398 e. The molecule has 5 nitrogen and oxygen atoms in total. The lowest BCUT2D eigenvalue weighted by Crippen LogP contribution is -2.43. The van der Waals surface area contributed by atoms with E-state index >= 15 is 0 Å². The molecule has 0 aromatic heterocycles. The van der Waals surface area contributed by atoms with Crippen LogP contribution in [0.3, 0.4) is 0 Å². The zero-order valence-corrected chi connectivity index (χ0v) is 10.4. The predicted molar refractivity (Wildman–Crippen MR) is 68.3 cm³/mol. The summed E-state index contributed by atoms with van der Waals surface area (Å²) in [5.74, 6) is -0.234. The smallest absolute Gasteiger partial charge is 0.251 e. The second kappa shape index (κ2) is 4.96. The van der Waals surface area contributed by atoms with E-state index in [9.17, 15) is 9.90 Å². The first-order chi connectivity index (χ1) is 8.50. The molecule has 1 aliphatic heterocycles. The Balaban J connectivity index is 1.97. The number of aryl methyl sites for hydroxylation is 1. The molecule has 0 saturated carbocycles. The number of nitrogens with one attached hydrogen (secondary N) is 1. The number of hydrogen-bond donors (Lipinski definition) is 3. The van der Waals surface area contributed by atoms with Crippen molar-refractivity contribution in [2.45, 2.75) is 18.9 Å². The topological polar surface area (TPSA) is 84.6 Å². The number of ether oxygens (including phenoxy) is 1. The van der Waals surface area contributed by atoms with Gasteiger partial charge in [0.25, 0.3) is 5.91 Å². The number of carbonyl (C=O) groups is 1. The summed E-state index contributed by atoms with van der Waals surface area (Å²) in [6.45, 7) is 2.88. The van der Waals surface area contributed by atoms with E-state index in [4.69, 9.17) is 10.5 Å². The first-order valence-corrected chi connectivity index (χ1v) is 5.95. The number of aliphatic hydroxyl groups is 1. The van der Waals surface area contributed by atoms with Crippen molar-refractivity contribution in [2.24, 2.45) is 0 Å². The molecule has 1 amide bonds. The zero-order chi connectivity index (χ0) is 13.2. The highest BCUT2D eigenvalue weighted by Gasteiger charge is 2.32. The van der Waals surface area contributed by atoms with Gasteiger partial charge in [0.2, 0.25) is 0 Å². The summed E-state index contributed by atoms with van der Waals surface area (Å²) in [4.78, 5) is 11.9. The zero-order valence-electron chi connectivity index (χ0n) is 10.4. The molecule has 1 aliphatic rings. The molecule has 1 unspecified atom stereocenters. The average Bonchev–Trinajstić information content (AvgIpc) is 2.77. The van der Waals surface area contributed by atoms with Crippen molar-refractivity contribution in [3.05, 3.63) is 29.3 Å². The highest BCUT2D eigenvalue weighted by atomic mass is 16.5. The van der Waals surface area contributed by atoms with Crippen LogP contribution in [0.5, 0.6) is 0 Å². The van der Waals surface area contributed by atoms with E-state index in [1.165, 1.54) is 0 Å². The average molecular weight is 250 g/mol. The van der Waals surface area contributed by atoms with Crippen LogP contribution >= 0.6 is 0 Å². The predicted octanol–water partition coefficient (Wildman–Crippen LogP) is 0.458. The number of amides is 1. The molecule has 18 heavy (non-hydrogen) atoms. The maximum absolute atomic E-state index is 11.9. The lowest BCUT2D eigenvalue weighted by molar-refractivity contribution is 0.0264. The third-order valence-electron chi connectivity index (χ3n) is 3.20. The first kappa shape index (κ1) is 12.9. The lowest BCUT2D eigenvalue weighted by atomic mass is 10.0. The van der Waals surface area contributed by atoms with Crippen LogP contribution in [0.25, 0.3) is 0 Å². The van der Waals surface area contributed by atoms with Gasteiger partial charge >= 0.3 is 0 Å².